The zero-order chi connectivity index (χ0) is 16.9. The van der Waals surface area contributed by atoms with Gasteiger partial charge in [-0.15, -0.1) is 0 Å². The molecule has 0 aliphatic rings. The Labute approximate surface area is 141 Å². The second kappa shape index (κ2) is 7.32. The van der Waals surface area contributed by atoms with E-state index in [0.717, 1.165) is 18.5 Å². The Hall–Kier alpha value is -2.59. The van der Waals surface area contributed by atoms with Gasteiger partial charge in [-0.25, -0.2) is 0 Å². The fourth-order valence-electron chi connectivity index (χ4n) is 2.64. The van der Waals surface area contributed by atoms with Crippen LogP contribution in [0.15, 0.2) is 70.1 Å². The molecule has 1 unspecified atom stereocenters. The van der Waals surface area contributed by atoms with Crippen molar-refractivity contribution in [2.24, 2.45) is 0 Å². The normalized spacial score (nSPS) is 12.5. The Balaban J connectivity index is 1.89. The predicted octanol–water partition coefficient (Wildman–Crippen LogP) is 3.86. The molecule has 0 bridgehead atoms. The lowest BCUT2D eigenvalue weighted by atomic mass is 10.1. The number of hydrogen-bond acceptors (Lipinski definition) is 4. The average molecular weight is 323 g/mol. The molecule has 0 radical (unpaired) electrons. The van der Waals surface area contributed by atoms with E-state index in [-0.39, 0.29) is 11.5 Å². The zero-order valence-corrected chi connectivity index (χ0v) is 13.9. The summed E-state index contributed by atoms with van der Waals surface area (Å²) in [7, 11) is 4.09. The molecule has 24 heavy (non-hydrogen) atoms. The van der Waals surface area contributed by atoms with Crippen LogP contribution in [0.2, 0.25) is 0 Å². The van der Waals surface area contributed by atoms with E-state index in [1.54, 1.807) is 12.1 Å². The quantitative estimate of drug-likeness (QED) is 0.691. The van der Waals surface area contributed by atoms with Crippen molar-refractivity contribution in [1.29, 1.82) is 0 Å². The van der Waals surface area contributed by atoms with Gasteiger partial charge in [0.05, 0.1) is 11.6 Å². The summed E-state index contributed by atoms with van der Waals surface area (Å²) >= 11 is 0. The van der Waals surface area contributed by atoms with Crippen LogP contribution >= 0.6 is 0 Å². The second-order valence-electron chi connectivity index (χ2n) is 6.05. The van der Waals surface area contributed by atoms with Gasteiger partial charge in [-0.05, 0) is 37.9 Å². The van der Waals surface area contributed by atoms with Gasteiger partial charge < -0.3 is 14.1 Å². The van der Waals surface area contributed by atoms with Crippen molar-refractivity contribution in [2.75, 3.05) is 20.6 Å². The molecule has 3 aromatic rings. The largest absolute Gasteiger partial charge is 0.486 e. The molecule has 0 spiro atoms. The fourth-order valence-corrected chi connectivity index (χ4v) is 2.64. The third kappa shape index (κ3) is 3.84. The first kappa shape index (κ1) is 16.3. The Morgan fingerprint density at radius 2 is 1.88 bits per heavy atom. The lowest BCUT2D eigenvalue weighted by molar-refractivity contribution is 0.179. The molecule has 124 valence electrons. The smallest absolute Gasteiger partial charge is 0.192 e. The standard InChI is InChI=1S/C20H21NO3/c1-21(2)12-10-19(15-6-4-3-5-7-15)24-16-8-9-20-17(14-16)18(22)11-13-23-20/h3-9,11,13-14,19H,10,12H2,1-2H3. The lowest BCUT2D eigenvalue weighted by Crippen LogP contribution is -2.18. The van der Waals surface area contributed by atoms with Crippen LogP contribution in [-0.4, -0.2) is 25.5 Å². The van der Waals surface area contributed by atoms with Crippen LogP contribution in [0.1, 0.15) is 18.1 Å². The predicted molar refractivity (Wildman–Crippen MR) is 95.5 cm³/mol. The van der Waals surface area contributed by atoms with E-state index >= 15 is 0 Å². The van der Waals surface area contributed by atoms with E-state index in [1.807, 2.05) is 38.4 Å². The molecule has 0 fully saturated rings. The van der Waals surface area contributed by atoms with E-state index in [1.165, 1.54) is 12.3 Å². The molecule has 0 amide bonds. The van der Waals surface area contributed by atoms with E-state index in [2.05, 4.69) is 17.0 Å². The van der Waals surface area contributed by atoms with Crippen LogP contribution in [0, 0.1) is 0 Å². The number of nitrogens with zero attached hydrogens (tertiary/aromatic N) is 1. The highest BCUT2D eigenvalue weighted by atomic mass is 16.5. The van der Waals surface area contributed by atoms with E-state index in [4.69, 9.17) is 9.15 Å². The van der Waals surface area contributed by atoms with Gasteiger partial charge in [0.2, 0.25) is 0 Å². The molecule has 0 aliphatic carbocycles. The van der Waals surface area contributed by atoms with Crippen molar-refractivity contribution in [3.05, 3.63) is 76.6 Å². The molecule has 4 heteroatoms. The Kier molecular flexibility index (Phi) is 4.96. The van der Waals surface area contributed by atoms with Crippen molar-refractivity contribution >= 4 is 11.0 Å². The lowest BCUT2D eigenvalue weighted by Gasteiger charge is -2.21. The SMILES string of the molecule is CN(C)CCC(Oc1ccc2occc(=O)c2c1)c1ccccc1. The van der Waals surface area contributed by atoms with Gasteiger partial charge >= 0.3 is 0 Å². The average Bonchev–Trinajstić information content (AvgIpc) is 2.60. The third-order valence-corrected chi connectivity index (χ3v) is 3.92. The van der Waals surface area contributed by atoms with Gasteiger partial charge in [0.25, 0.3) is 0 Å². The van der Waals surface area contributed by atoms with Crippen molar-refractivity contribution in [3.8, 4) is 5.75 Å². The summed E-state index contributed by atoms with van der Waals surface area (Å²) in [6.45, 7) is 0.912. The molecule has 2 aromatic carbocycles. The molecule has 4 nitrogen and oxygen atoms in total. The number of benzene rings is 2. The number of ether oxygens (including phenoxy) is 1. The van der Waals surface area contributed by atoms with Gasteiger partial charge in [-0.3, -0.25) is 4.79 Å². The van der Waals surface area contributed by atoms with Crippen molar-refractivity contribution in [3.63, 3.8) is 0 Å². The van der Waals surface area contributed by atoms with Crippen LogP contribution in [-0.2, 0) is 0 Å². The molecule has 1 heterocycles. The number of rotatable bonds is 6. The Bertz CT molecular complexity index is 855. The maximum Gasteiger partial charge on any atom is 0.192 e. The molecule has 0 N–H and O–H groups in total. The summed E-state index contributed by atoms with van der Waals surface area (Å²) in [4.78, 5) is 14.1. The minimum absolute atomic E-state index is 0.0637. The fraction of sp³-hybridized carbons (Fsp3) is 0.250. The molecular weight excluding hydrogens is 302 g/mol. The maximum absolute atomic E-state index is 12.0. The second-order valence-corrected chi connectivity index (χ2v) is 6.05. The van der Waals surface area contributed by atoms with E-state index < -0.39 is 0 Å². The number of fused-ring (bicyclic) bond motifs is 1. The zero-order valence-electron chi connectivity index (χ0n) is 13.9. The van der Waals surface area contributed by atoms with Crippen molar-refractivity contribution in [1.82, 2.24) is 4.90 Å². The summed E-state index contributed by atoms with van der Waals surface area (Å²) < 4.78 is 11.6. The molecule has 0 saturated carbocycles. The highest BCUT2D eigenvalue weighted by molar-refractivity contribution is 5.77. The molecular formula is C20H21NO3. The third-order valence-electron chi connectivity index (χ3n) is 3.92. The monoisotopic (exact) mass is 323 g/mol. The van der Waals surface area contributed by atoms with Crippen molar-refractivity contribution in [2.45, 2.75) is 12.5 Å². The first-order chi connectivity index (χ1) is 11.6. The molecule has 1 aromatic heterocycles. The van der Waals surface area contributed by atoms with Gasteiger partial charge in [0.15, 0.2) is 5.43 Å². The van der Waals surface area contributed by atoms with Crippen molar-refractivity contribution < 1.29 is 9.15 Å². The van der Waals surface area contributed by atoms with Crippen LogP contribution in [0.25, 0.3) is 11.0 Å². The summed E-state index contributed by atoms with van der Waals surface area (Å²) in [5.41, 5.74) is 1.63. The Morgan fingerprint density at radius 1 is 1.08 bits per heavy atom. The summed E-state index contributed by atoms with van der Waals surface area (Å²) in [5, 5.41) is 0.537. The van der Waals surface area contributed by atoms with Crippen LogP contribution in [0.4, 0.5) is 0 Å². The first-order valence-electron chi connectivity index (χ1n) is 8.01. The number of hydrogen-bond donors (Lipinski definition) is 0. The highest BCUT2D eigenvalue weighted by Gasteiger charge is 2.14. The molecule has 0 saturated heterocycles. The first-order valence-corrected chi connectivity index (χ1v) is 8.01. The van der Waals surface area contributed by atoms with Gasteiger partial charge in [0.1, 0.15) is 17.4 Å². The molecule has 0 aliphatic heterocycles. The van der Waals surface area contributed by atoms with Crippen LogP contribution < -0.4 is 10.2 Å². The van der Waals surface area contributed by atoms with E-state index in [0.29, 0.717) is 16.7 Å². The van der Waals surface area contributed by atoms with Crippen LogP contribution in [0.5, 0.6) is 5.75 Å². The summed E-state index contributed by atoms with van der Waals surface area (Å²) in [6, 6.07) is 16.9. The Morgan fingerprint density at radius 3 is 2.62 bits per heavy atom. The van der Waals surface area contributed by atoms with Crippen LogP contribution in [0.3, 0.4) is 0 Å². The van der Waals surface area contributed by atoms with Gasteiger partial charge in [-0.1, -0.05) is 30.3 Å². The summed E-state index contributed by atoms with van der Waals surface area (Å²) in [5.74, 6) is 0.675. The van der Waals surface area contributed by atoms with E-state index in [9.17, 15) is 4.79 Å². The van der Waals surface area contributed by atoms with Gasteiger partial charge in [-0.2, -0.15) is 0 Å². The minimum atomic E-state index is -0.0678. The molecule has 1 atom stereocenters. The molecule has 3 rings (SSSR count). The van der Waals surface area contributed by atoms with Gasteiger partial charge in [0, 0.05) is 19.0 Å². The minimum Gasteiger partial charge on any atom is -0.486 e. The maximum atomic E-state index is 12.0. The topological polar surface area (TPSA) is 42.7 Å². The highest BCUT2D eigenvalue weighted by Crippen LogP contribution is 2.27. The summed E-state index contributed by atoms with van der Waals surface area (Å²) in [6.07, 6.45) is 2.20.